The highest BCUT2D eigenvalue weighted by Crippen LogP contribution is 2.07. The van der Waals surface area contributed by atoms with E-state index >= 15 is 0 Å². The van der Waals surface area contributed by atoms with E-state index in [0.717, 1.165) is 23.8 Å². The van der Waals surface area contributed by atoms with Crippen molar-refractivity contribution in [2.24, 2.45) is 0 Å². The smallest absolute Gasteiger partial charge is 0.194 e. The molecule has 0 aromatic carbocycles. The first-order valence-electron chi connectivity index (χ1n) is 5.83. The van der Waals surface area contributed by atoms with E-state index in [2.05, 4.69) is 14.6 Å². The molecular formula is C12H25NO4. The fourth-order valence-electron chi connectivity index (χ4n) is 0.811. The van der Waals surface area contributed by atoms with Crippen molar-refractivity contribution < 1.29 is 19.3 Å². The first-order valence-corrected chi connectivity index (χ1v) is 5.83. The molecule has 102 valence electrons. The summed E-state index contributed by atoms with van der Waals surface area (Å²) in [5.41, 5.74) is 1.01. The van der Waals surface area contributed by atoms with Crippen molar-refractivity contribution in [1.82, 2.24) is 4.98 Å². The maximum atomic E-state index is 7.62. The van der Waals surface area contributed by atoms with E-state index in [4.69, 9.17) is 9.67 Å². The molecular weight excluding hydrogens is 222 g/mol. The lowest BCUT2D eigenvalue weighted by molar-refractivity contribution is -0.247. The molecule has 0 saturated carbocycles. The van der Waals surface area contributed by atoms with E-state index in [1.807, 2.05) is 34.6 Å². The lowest BCUT2D eigenvalue weighted by Crippen LogP contribution is -1.96. The van der Waals surface area contributed by atoms with Gasteiger partial charge in [-0.05, 0) is 13.8 Å². The molecule has 0 spiro atoms. The van der Waals surface area contributed by atoms with Gasteiger partial charge >= 0.3 is 0 Å². The normalized spacial score (nSPS) is 8.88. The van der Waals surface area contributed by atoms with Gasteiger partial charge in [0.15, 0.2) is 5.89 Å². The lowest BCUT2D eigenvalue weighted by Gasteiger charge is -1.89. The van der Waals surface area contributed by atoms with Crippen LogP contribution in [0.3, 0.4) is 0 Å². The Bertz CT molecular complexity index is 238. The van der Waals surface area contributed by atoms with E-state index < -0.39 is 0 Å². The topological polar surface area (TPSA) is 64.7 Å². The van der Waals surface area contributed by atoms with E-state index in [1.54, 1.807) is 7.11 Å². The summed E-state index contributed by atoms with van der Waals surface area (Å²) in [5.74, 6) is 1.77. The number of oxazole rings is 1. The Labute approximate surface area is 104 Å². The molecule has 1 N–H and O–H groups in total. The second-order valence-corrected chi connectivity index (χ2v) is 2.93. The zero-order chi connectivity index (χ0) is 13.7. The molecule has 17 heavy (non-hydrogen) atoms. The summed E-state index contributed by atoms with van der Waals surface area (Å²) in [5, 5.41) is 7.62. The van der Waals surface area contributed by atoms with Gasteiger partial charge in [0.2, 0.25) is 0 Å². The molecule has 0 aliphatic rings. The number of rotatable bonds is 4. The van der Waals surface area contributed by atoms with Crippen LogP contribution in [0.5, 0.6) is 0 Å². The summed E-state index contributed by atoms with van der Waals surface area (Å²) < 4.78 is 9.75. The van der Waals surface area contributed by atoms with Crippen molar-refractivity contribution in [3.63, 3.8) is 0 Å². The number of methoxy groups -OCH3 is 1. The molecule has 0 aliphatic heterocycles. The molecule has 5 nitrogen and oxygen atoms in total. The van der Waals surface area contributed by atoms with Crippen LogP contribution in [0.4, 0.5) is 0 Å². The molecule has 0 amide bonds. The molecule has 1 rings (SSSR count). The van der Waals surface area contributed by atoms with Crippen LogP contribution in [-0.4, -0.2) is 30.6 Å². The predicted octanol–water partition coefficient (Wildman–Crippen LogP) is 3.00. The minimum absolute atomic E-state index is 0.247. The van der Waals surface area contributed by atoms with Crippen molar-refractivity contribution >= 4 is 0 Å². The molecule has 0 fully saturated rings. The van der Waals surface area contributed by atoms with Gasteiger partial charge < -0.3 is 9.15 Å². The molecule has 1 aromatic rings. The van der Waals surface area contributed by atoms with Gasteiger partial charge in [0.1, 0.15) is 12.4 Å². The van der Waals surface area contributed by atoms with Crippen LogP contribution < -0.4 is 0 Å². The molecule has 0 unspecified atom stereocenters. The van der Waals surface area contributed by atoms with Gasteiger partial charge in [-0.15, -0.1) is 0 Å². The van der Waals surface area contributed by atoms with E-state index in [-0.39, 0.29) is 6.61 Å². The largest absolute Gasteiger partial charge is 0.446 e. The summed E-state index contributed by atoms with van der Waals surface area (Å²) in [6.07, 6.45) is 0.884. The fraction of sp³-hybridized carbons (Fsp3) is 0.750. The zero-order valence-corrected chi connectivity index (χ0v) is 11.7. The molecule has 0 bridgehead atoms. The SMILES string of the molecule is CC.CCc1nc(C)c(C)o1.COCCOO. The fourth-order valence-corrected chi connectivity index (χ4v) is 0.811. The van der Waals surface area contributed by atoms with Crippen molar-refractivity contribution in [1.29, 1.82) is 0 Å². The van der Waals surface area contributed by atoms with Crippen LogP contribution in [0.25, 0.3) is 0 Å². The summed E-state index contributed by atoms with van der Waals surface area (Å²) in [7, 11) is 1.54. The van der Waals surface area contributed by atoms with Crippen LogP contribution in [0.15, 0.2) is 4.42 Å². The van der Waals surface area contributed by atoms with Crippen LogP contribution >= 0.6 is 0 Å². The standard InChI is InChI=1S/C7H11NO.C3H8O3.C2H6/c1-4-7-8-5(2)6(3)9-7;1-5-2-3-6-4;1-2/h4H2,1-3H3;4H,2-3H2,1H3;1-2H3. The third-order valence-corrected chi connectivity index (χ3v) is 1.75. The minimum Gasteiger partial charge on any atom is -0.446 e. The Morgan fingerprint density at radius 1 is 1.24 bits per heavy atom. The van der Waals surface area contributed by atoms with Crippen molar-refractivity contribution in [3.8, 4) is 0 Å². The molecule has 1 aromatic heterocycles. The summed E-state index contributed by atoms with van der Waals surface area (Å²) in [6.45, 7) is 10.6. The number of hydrogen-bond acceptors (Lipinski definition) is 5. The van der Waals surface area contributed by atoms with Gasteiger partial charge in [-0.3, -0.25) is 5.26 Å². The number of nitrogens with zero attached hydrogens (tertiary/aromatic N) is 1. The van der Waals surface area contributed by atoms with Gasteiger partial charge in [-0.2, -0.15) is 0 Å². The zero-order valence-electron chi connectivity index (χ0n) is 11.7. The first kappa shape index (κ1) is 18.5. The third kappa shape index (κ3) is 9.99. The molecule has 0 aliphatic carbocycles. The molecule has 5 heteroatoms. The van der Waals surface area contributed by atoms with Crippen LogP contribution in [0.1, 0.15) is 38.1 Å². The molecule has 1 heterocycles. The second kappa shape index (κ2) is 13.2. The monoisotopic (exact) mass is 247 g/mol. The van der Waals surface area contributed by atoms with Crippen molar-refractivity contribution in [3.05, 3.63) is 17.3 Å². The highest BCUT2D eigenvalue weighted by Gasteiger charge is 2.00. The lowest BCUT2D eigenvalue weighted by atomic mass is 10.4. The molecule has 0 atom stereocenters. The second-order valence-electron chi connectivity index (χ2n) is 2.93. The highest BCUT2D eigenvalue weighted by atomic mass is 17.1. The minimum atomic E-state index is 0.247. The highest BCUT2D eigenvalue weighted by molar-refractivity contribution is 5.04. The summed E-state index contributed by atoms with van der Waals surface area (Å²) in [4.78, 5) is 7.82. The molecule has 0 radical (unpaired) electrons. The first-order chi connectivity index (χ1) is 8.15. The van der Waals surface area contributed by atoms with Crippen molar-refractivity contribution in [2.45, 2.75) is 41.0 Å². The number of aryl methyl sites for hydroxylation is 3. The van der Waals surface area contributed by atoms with Gasteiger partial charge in [0.05, 0.1) is 12.3 Å². The Kier molecular flexibility index (Phi) is 14.3. The van der Waals surface area contributed by atoms with E-state index in [9.17, 15) is 0 Å². The average Bonchev–Trinajstić information content (AvgIpc) is 2.70. The Balaban J connectivity index is 0. The van der Waals surface area contributed by atoms with E-state index in [1.165, 1.54) is 0 Å². The van der Waals surface area contributed by atoms with Crippen molar-refractivity contribution in [2.75, 3.05) is 20.3 Å². The summed E-state index contributed by atoms with van der Waals surface area (Å²) in [6, 6.07) is 0. The third-order valence-electron chi connectivity index (χ3n) is 1.75. The maximum absolute atomic E-state index is 7.62. The molecule has 0 saturated heterocycles. The van der Waals surface area contributed by atoms with Gasteiger partial charge in [-0.25, -0.2) is 9.87 Å². The van der Waals surface area contributed by atoms with Gasteiger partial charge in [0.25, 0.3) is 0 Å². The Morgan fingerprint density at radius 3 is 2.00 bits per heavy atom. The van der Waals surface area contributed by atoms with Crippen LogP contribution in [0.2, 0.25) is 0 Å². The van der Waals surface area contributed by atoms with Crippen LogP contribution in [-0.2, 0) is 16.0 Å². The Hall–Kier alpha value is -0.910. The predicted molar refractivity (Wildman–Crippen MR) is 67.2 cm³/mol. The van der Waals surface area contributed by atoms with Gasteiger partial charge in [-0.1, -0.05) is 20.8 Å². The number of ether oxygens (including phenoxy) is 1. The summed E-state index contributed by atoms with van der Waals surface area (Å²) >= 11 is 0. The quantitative estimate of drug-likeness (QED) is 0.503. The van der Waals surface area contributed by atoms with Gasteiger partial charge in [0, 0.05) is 13.5 Å². The van der Waals surface area contributed by atoms with Crippen LogP contribution in [0, 0.1) is 13.8 Å². The average molecular weight is 247 g/mol. The Morgan fingerprint density at radius 2 is 1.82 bits per heavy atom. The number of aromatic nitrogens is 1. The van der Waals surface area contributed by atoms with E-state index in [0.29, 0.717) is 6.61 Å². The number of hydrogen-bond donors (Lipinski definition) is 1. The maximum Gasteiger partial charge on any atom is 0.194 e.